The number of amides is 1. The first-order chi connectivity index (χ1) is 12.4. The summed E-state index contributed by atoms with van der Waals surface area (Å²) < 4.78 is 10.4. The summed E-state index contributed by atoms with van der Waals surface area (Å²) in [7, 11) is 5.47. The van der Waals surface area contributed by atoms with Crippen LogP contribution in [0.2, 0.25) is 0 Å². The average Bonchev–Trinajstić information content (AvgIpc) is 3.22. The summed E-state index contributed by atoms with van der Waals surface area (Å²) in [6.45, 7) is 4.63. The molecule has 140 valence electrons. The highest BCUT2D eigenvalue weighted by Gasteiger charge is 2.35. The summed E-state index contributed by atoms with van der Waals surface area (Å²) >= 11 is 0. The van der Waals surface area contributed by atoms with Crippen molar-refractivity contribution in [3.63, 3.8) is 0 Å². The van der Waals surface area contributed by atoms with Gasteiger partial charge in [0.25, 0.3) is 5.91 Å². The molecule has 2 aromatic heterocycles. The number of carbonyl (C=O) groups excluding carboxylic acids is 1. The molecule has 0 bridgehead atoms. The van der Waals surface area contributed by atoms with Crippen LogP contribution in [0.4, 0.5) is 5.82 Å². The summed E-state index contributed by atoms with van der Waals surface area (Å²) in [5.41, 5.74) is 1.89. The molecule has 3 heterocycles. The van der Waals surface area contributed by atoms with Crippen LogP contribution >= 0.6 is 0 Å². The Bertz CT molecular complexity index is 802. The second-order valence-corrected chi connectivity index (χ2v) is 6.75. The third-order valence-electron chi connectivity index (χ3n) is 4.63. The van der Waals surface area contributed by atoms with Gasteiger partial charge in [-0.25, -0.2) is 9.97 Å². The summed E-state index contributed by atoms with van der Waals surface area (Å²) in [6.07, 6.45) is 1.79. The van der Waals surface area contributed by atoms with E-state index in [2.05, 4.69) is 15.1 Å². The van der Waals surface area contributed by atoms with E-state index in [9.17, 15) is 4.79 Å². The number of aromatic nitrogens is 3. The number of hydrogen-bond acceptors (Lipinski definition) is 7. The van der Waals surface area contributed by atoms with E-state index in [1.807, 2.05) is 36.9 Å². The lowest BCUT2D eigenvalue weighted by Crippen LogP contribution is -2.32. The lowest BCUT2D eigenvalue weighted by Gasteiger charge is -2.25. The smallest absolute Gasteiger partial charge is 0.276 e. The van der Waals surface area contributed by atoms with Gasteiger partial charge in [-0.15, -0.1) is 0 Å². The second kappa shape index (κ2) is 7.41. The number of rotatable bonds is 5. The number of likely N-dealkylation sites (tertiary alicyclic amines) is 1. The molecule has 1 aliphatic heterocycles. The average molecular weight is 359 g/mol. The van der Waals surface area contributed by atoms with Crippen molar-refractivity contribution >= 4 is 11.7 Å². The minimum Gasteiger partial charge on any atom is -0.380 e. The van der Waals surface area contributed by atoms with Crippen LogP contribution in [0.15, 0.2) is 10.6 Å². The molecule has 1 aliphatic rings. The summed E-state index contributed by atoms with van der Waals surface area (Å²) in [4.78, 5) is 25.9. The molecule has 1 fully saturated rings. The summed E-state index contributed by atoms with van der Waals surface area (Å²) in [6, 6.07) is 1.86. The molecule has 0 saturated carbocycles. The van der Waals surface area contributed by atoms with Gasteiger partial charge in [0.2, 0.25) is 0 Å². The van der Waals surface area contributed by atoms with E-state index in [1.165, 1.54) is 0 Å². The standard InChI is InChI=1S/C18H25N5O3/c1-11-13(10-25-5)17(21-26-11)18(24)23-8-6-7-15(23)14-9-16(22(3)4)20-12(2)19-14/h9,15H,6-8,10H2,1-5H3/t15-/m1/s1. The molecule has 1 amide bonds. The van der Waals surface area contributed by atoms with E-state index in [4.69, 9.17) is 9.26 Å². The van der Waals surface area contributed by atoms with Crippen molar-refractivity contribution in [3.8, 4) is 0 Å². The Hall–Kier alpha value is -2.48. The van der Waals surface area contributed by atoms with Gasteiger partial charge in [0.05, 0.1) is 23.9 Å². The molecule has 0 N–H and O–H groups in total. The Kier molecular flexibility index (Phi) is 5.22. The van der Waals surface area contributed by atoms with Gasteiger partial charge < -0.3 is 19.1 Å². The van der Waals surface area contributed by atoms with E-state index in [-0.39, 0.29) is 11.9 Å². The van der Waals surface area contributed by atoms with Gasteiger partial charge in [0.15, 0.2) is 5.69 Å². The van der Waals surface area contributed by atoms with Crippen LogP contribution in [0.3, 0.4) is 0 Å². The van der Waals surface area contributed by atoms with Gasteiger partial charge in [0, 0.05) is 33.8 Å². The molecule has 2 aromatic rings. The molecule has 1 atom stereocenters. The van der Waals surface area contributed by atoms with Gasteiger partial charge in [-0.2, -0.15) is 0 Å². The highest BCUT2D eigenvalue weighted by Crippen LogP contribution is 2.34. The molecule has 1 saturated heterocycles. The third-order valence-corrected chi connectivity index (χ3v) is 4.63. The second-order valence-electron chi connectivity index (χ2n) is 6.75. The lowest BCUT2D eigenvalue weighted by atomic mass is 10.1. The first-order valence-corrected chi connectivity index (χ1v) is 8.70. The van der Waals surface area contributed by atoms with E-state index < -0.39 is 0 Å². The highest BCUT2D eigenvalue weighted by atomic mass is 16.5. The predicted molar refractivity (Wildman–Crippen MR) is 96.1 cm³/mol. The molecule has 8 heteroatoms. The SMILES string of the molecule is COCc1c(C(=O)N2CCC[C@@H]2c2cc(N(C)C)nc(C)n2)noc1C. The molecule has 3 rings (SSSR count). The van der Waals surface area contributed by atoms with E-state index in [0.717, 1.165) is 24.4 Å². The molecular formula is C18H25N5O3. The summed E-state index contributed by atoms with van der Waals surface area (Å²) in [5, 5.41) is 3.98. The molecule has 0 aromatic carbocycles. The quantitative estimate of drug-likeness (QED) is 0.809. The topological polar surface area (TPSA) is 84.6 Å². The van der Waals surface area contributed by atoms with Gasteiger partial charge in [-0.1, -0.05) is 5.16 Å². The number of hydrogen-bond donors (Lipinski definition) is 0. The molecule has 0 unspecified atom stereocenters. The number of ether oxygens (including phenoxy) is 1. The minimum atomic E-state index is -0.140. The van der Waals surface area contributed by atoms with Crippen LogP contribution < -0.4 is 4.90 Å². The van der Waals surface area contributed by atoms with Crippen molar-refractivity contribution in [1.29, 1.82) is 0 Å². The van der Waals surface area contributed by atoms with Gasteiger partial charge in [-0.05, 0) is 26.7 Å². The third kappa shape index (κ3) is 3.41. The van der Waals surface area contributed by atoms with Crippen molar-refractivity contribution in [2.75, 3.05) is 32.6 Å². The van der Waals surface area contributed by atoms with Crippen molar-refractivity contribution < 1.29 is 14.1 Å². The predicted octanol–water partition coefficient (Wildman–Crippen LogP) is 2.27. The van der Waals surface area contributed by atoms with Crippen LogP contribution in [0.25, 0.3) is 0 Å². The Morgan fingerprint density at radius 2 is 2.15 bits per heavy atom. The van der Waals surface area contributed by atoms with E-state index >= 15 is 0 Å². The normalized spacial score (nSPS) is 17.0. The van der Waals surface area contributed by atoms with Crippen LogP contribution in [-0.2, 0) is 11.3 Å². The first-order valence-electron chi connectivity index (χ1n) is 8.70. The Morgan fingerprint density at radius 3 is 2.85 bits per heavy atom. The Labute approximate surface area is 153 Å². The van der Waals surface area contributed by atoms with Gasteiger partial charge >= 0.3 is 0 Å². The van der Waals surface area contributed by atoms with E-state index in [0.29, 0.717) is 36.0 Å². The zero-order valence-corrected chi connectivity index (χ0v) is 15.9. The fourth-order valence-corrected chi connectivity index (χ4v) is 3.30. The fraction of sp³-hybridized carbons (Fsp3) is 0.556. The van der Waals surface area contributed by atoms with Crippen molar-refractivity contribution in [2.24, 2.45) is 0 Å². The summed E-state index contributed by atoms with van der Waals surface area (Å²) in [5.74, 6) is 2.00. The van der Waals surface area contributed by atoms with Crippen molar-refractivity contribution in [3.05, 3.63) is 34.6 Å². The van der Waals surface area contributed by atoms with E-state index in [1.54, 1.807) is 14.0 Å². The monoisotopic (exact) mass is 359 g/mol. The largest absolute Gasteiger partial charge is 0.380 e. The minimum absolute atomic E-state index is 0.0877. The number of aryl methyl sites for hydroxylation is 2. The van der Waals surface area contributed by atoms with Crippen molar-refractivity contribution in [2.45, 2.75) is 39.3 Å². The van der Waals surface area contributed by atoms with Gasteiger partial charge in [-0.3, -0.25) is 4.79 Å². The van der Waals surface area contributed by atoms with Crippen LogP contribution in [0, 0.1) is 13.8 Å². The van der Waals surface area contributed by atoms with Crippen LogP contribution in [0.5, 0.6) is 0 Å². The Morgan fingerprint density at radius 1 is 1.38 bits per heavy atom. The van der Waals surface area contributed by atoms with Crippen molar-refractivity contribution in [1.82, 2.24) is 20.0 Å². The maximum atomic E-state index is 13.1. The highest BCUT2D eigenvalue weighted by molar-refractivity contribution is 5.94. The maximum absolute atomic E-state index is 13.1. The zero-order valence-electron chi connectivity index (χ0n) is 15.9. The van der Waals surface area contributed by atoms with Crippen LogP contribution in [-0.4, -0.2) is 53.7 Å². The number of nitrogens with zero attached hydrogens (tertiary/aromatic N) is 5. The zero-order chi connectivity index (χ0) is 18.8. The van der Waals surface area contributed by atoms with Crippen LogP contribution in [0.1, 0.15) is 52.2 Å². The molecule has 0 spiro atoms. The first kappa shape index (κ1) is 18.3. The molecule has 0 radical (unpaired) electrons. The lowest BCUT2D eigenvalue weighted by molar-refractivity contribution is 0.0718. The fourth-order valence-electron chi connectivity index (χ4n) is 3.30. The maximum Gasteiger partial charge on any atom is 0.276 e. The number of anilines is 1. The number of carbonyl (C=O) groups is 1. The molecule has 8 nitrogen and oxygen atoms in total. The molecule has 26 heavy (non-hydrogen) atoms. The number of methoxy groups -OCH3 is 1. The van der Waals surface area contributed by atoms with Gasteiger partial charge in [0.1, 0.15) is 17.4 Å². The molecular weight excluding hydrogens is 334 g/mol. The molecule has 0 aliphatic carbocycles. The Balaban J connectivity index is 1.93.